The number of halogens is 3. The highest BCUT2D eigenvalue weighted by Crippen LogP contribution is 2.56. The molecule has 11 heteroatoms. The van der Waals surface area contributed by atoms with E-state index in [0.717, 1.165) is 17.7 Å². The van der Waals surface area contributed by atoms with Gasteiger partial charge in [0.15, 0.2) is 21.5 Å². The molecule has 39 heavy (non-hydrogen) atoms. The molecule has 2 bridgehead atoms. The van der Waals surface area contributed by atoms with E-state index in [4.69, 9.17) is 11.6 Å². The minimum absolute atomic E-state index is 0.00283. The van der Waals surface area contributed by atoms with Gasteiger partial charge in [-0.1, -0.05) is 11.6 Å². The molecule has 1 aromatic heterocycles. The first-order chi connectivity index (χ1) is 18.4. The summed E-state index contributed by atoms with van der Waals surface area (Å²) >= 11 is 6.29. The molecular formula is C28H27ClF2N2O5S. The molecule has 5 atom stereocenters. The summed E-state index contributed by atoms with van der Waals surface area (Å²) in [6.07, 6.45) is 1.64. The van der Waals surface area contributed by atoms with Gasteiger partial charge < -0.3 is 15.5 Å². The largest absolute Gasteiger partial charge is 0.386 e. The van der Waals surface area contributed by atoms with Gasteiger partial charge in [0.1, 0.15) is 11.7 Å². The number of aryl methyl sites for hydroxylation is 1. The van der Waals surface area contributed by atoms with E-state index in [0.29, 0.717) is 18.5 Å². The van der Waals surface area contributed by atoms with Crippen molar-refractivity contribution in [2.45, 2.75) is 54.5 Å². The lowest BCUT2D eigenvalue weighted by molar-refractivity contribution is -0.145. The van der Waals surface area contributed by atoms with Crippen LogP contribution in [0, 0.1) is 30.4 Å². The lowest BCUT2D eigenvalue weighted by Gasteiger charge is -2.45. The van der Waals surface area contributed by atoms with Gasteiger partial charge in [0, 0.05) is 23.5 Å². The molecule has 3 N–H and O–H groups in total. The second kappa shape index (κ2) is 10.2. The standard InChI is InChI=1S/C28H27ClF2N2O5S/c1-15-8-9-32-24(10-15)26(34)28(36)17-3-4-18(28)13-20(12-17)39(37,38)25-11-16(2-6-21(25)29)27(35)33-19-5-7-22(30)23(31)14-19/h2,5-11,14,17-18,20,26,34,36H,3-4,12-13H2,1H3,(H,33,35)/t17-,18+,20-,26?,28-. The molecule has 5 rings (SSSR count). The van der Waals surface area contributed by atoms with Crippen molar-refractivity contribution >= 4 is 33.0 Å². The smallest absolute Gasteiger partial charge is 0.255 e. The first-order valence-corrected chi connectivity index (χ1v) is 14.5. The third kappa shape index (κ3) is 4.95. The van der Waals surface area contributed by atoms with E-state index in [-0.39, 0.29) is 34.0 Å². The quantitative estimate of drug-likeness (QED) is 0.380. The van der Waals surface area contributed by atoms with Crippen LogP contribution in [0.5, 0.6) is 0 Å². The van der Waals surface area contributed by atoms with E-state index in [1.54, 1.807) is 18.3 Å². The van der Waals surface area contributed by atoms with Gasteiger partial charge >= 0.3 is 0 Å². The Morgan fingerprint density at radius 2 is 1.77 bits per heavy atom. The van der Waals surface area contributed by atoms with Gasteiger partial charge in [-0.2, -0.15) is 0 Å². The molecule has 0 radical (unpaired) electrons. The molecular weight excluding hydrogens is 550 g/mol. The fourth-order valence-corrected chi connectivity index (χ4v) is 8.41. The predicted molar refractivity (Wildman–Crippen MR) is 141 cm³/mol. The monoisotopic (exact) mass is 576 g/mol. The SMILES string of the molecule is Cc1ccnc(C(O)[C@@]2(O)[C@@H]3CC[C@H]2C[C@H](S(=O)(=O)c2cc(C(=O)Nc4ccc(F)c(F)c4)ccc2Cl)C3)c1. The van der Waals surface area contributed by atoms with E-state index in [1.807, 2.05) is 6.92 Å². The van der Waals surface area contributed by atoms with Gasteiger partial charge in [-0.3, -0.25) is 9.78 Å². The summed E-state index contributed by atoms with van der Waals surface area (Å²) in [6, 6.07) is 10.2. The number of nitrogens with one attached hydrogen (secondary N) is 1. The molecule has 0 spiro atoms. The van der Waals surface area contributed by atoms with Crippen molar-refractivity contribution < 1.29 is 32.2 Å². The van der Waals surface area contributed by atoms with Crippen molar-refractivity contribution in [3.63, 3.8) is 0 Å². The number of carbonyl (C=O) groups excluding carboxylic acids is 1. The van der Waals surface area contributed by atoms with Gasteiger partial charge in [0.25, 0.3) is 5.91 Å². The van der Waals surface area contributed by atoms with Crippen molar-refractivity contribution in [2.75, 3.05) is 5.32 Å². The second-order valence-corrected chi connectivity index (χ2v) is 13.0. The normalized spacial score (nSPS) is 25.3. The maximum absolute atomic E-state index is 13.8. The first-order valence-electron chi connectivity index (χ1n) is 12.5. The van der Waals surface area contributed by atoms with Gasteiger partial charge in [0.2, 0.25) is 0 Å². The fourth-order valence-electron chi connectivity index (χ4n) is 6.01. The van der Waals surface area contributed by atoms with Crippen LogP contribution in [-0.2, 0) is 9.84 Å². The van der Waals surface area contributed by atoms with Crippen LogP contribution < -0.4 is 5.32 Å². The van der Waals surface area contributed by atoms with Gasteiger partial charge in [-0.25, -0.2) is 17.2 Å². The Kier molecular flexibility index (Phi) is 7.26. The van der Waals surface area contributed by atoms with E-state index in [2.05, 4.69) is 10.3 Å². The lowest BCUT2D eigenvalue weighted by Crippen LogP contribution is -2.52. The third-order valence-electron chi connectivity index (χ3n) is 8.04. The summed E-state index contributed by atoms with van der Waals surface area (Å²) in [5.74, 6) is -3.88. The van der Waals surface area contributed by atoms with Crippen molar-refractivity contribution in [3.8, 4) is 0 Å². The minimum atomic E-state index is -4.04. The van der Waals surface area contributed by atoms with Crippen LogP contribution in [0.3, 0.4) is 0 Å². The van der Waals surface area contributed by atoms with Crippen LogP contribution in [0.25, 0.3) is 0 Å². The van der Waals surface area contributed by atoms with Crippen LogP contribution in [0.4, 0.5) is 14.5 Å². The fraction of sp³-hybridized carbons (Fsp3) is 0.357. The molecule has 1 unspecified atom stereocenters. The maximum atomic E-state index is 13.8. The van der Waals surface area contributed by atoms with Crippen molar-refractivity contribution in [1.82, 2.24) is 4.98 Å². The molecule has 206 valence electrons. The van der Waals surface area contributed by atoms with Crippen molar-refractivity contribution in [3.05, 3.63) is 88.2 Å². The molecule has 1 amide bonds. The zero-order valence-corrected chi connectivity index (χ0v) is 22.5. The molecule has 2 saturated carbocycles. The average molecular weight is 577 g/mol. The van der Waals surface area contributed by atoms with E-state index in [9.17, 15) is 32.2 Å². The second-order valence-electron chi connectivity index (χ2n) is 10.4. The highest BCUT2D eigenvalue weighted by molar-refractivity contribution is 7.92. The molecule has 0 saturated heterocycles. The molecule has 2 aliphatic carbocycles. The summed E-state index contributed by atoms with van der Waals surface area (Å²) in [6.45, 7) is 1.86. The molecule has 0 aliphatic heterocycles. The number of rotatable bonds is 6. The van der Waals surface area contributed by atoms with E-state index < -0.39 is 56.2 Å². The number of amides is 1. The number of carbonyl (C=O) groups is 1. The molecule has 2 fully saturated rings. The summed E-state index contributed by atoms with van der Waals surface area (Å²) in [4.78, 5) is 16.8. The van der Waals surface area contributed by atoms with Crippen LogP contribution >= 0.6 is 11.6 Å². The zero-order valence-electron chi connectivity index (χ0n) is 20.9. The Hall–Kier alpha value is -2.92. The molecule has 3 aromatic rings. The van der Waals surface area contributed by atoms with Crippen LogP contribution in [0.2, 0.25) is 5.02 Å². The Morgan fingerprint density at radius 3 is 2.41 bits per heavy atom. The Balaban J connectivity index is 1.39. The Bertz CT molecular complexity index is 1540. The van der Waals surface area contributed by atoms with E-state index >= 15 is 0 Å². The molecule has 2 aliphatic rings. The number of aliphatic hydroxyl groups is 2. The summed E-state index contributed by atoms with van der Waals surface area (Å²) in [5, 5.41) is 24.3. The number of hydrogen-bond acceptors (Lipinski definition) is 6. The minimum Gasteiger partial charge on any atom is -0.386 e. The number of benzene rings is 2. The van der Waals surface area contributed by atoms with Crippen LogP contribution in [0.1, 0.15) is 53.4 Å². The van der Waals surface area contributed by atoms with Crippen molar-refractivity contribution in [2.24, 2.45) is 11.8 Å². The molecule has 1 heterocycles. The Morgan fingerprint density at radius 1 is 1.08 bits per heavy atom. The van der Waals surface area contributed by atoms with Gasteiger partial charge in [-0.15, -0.1) is 0 Å². The number of aliphatic hydroxyl groups excluding tert-OH is 1. The number of hydrogen-bond donors (Lipinski definition) is 3. The van der Waals surface area contributed by atoms with E-state index in [1.165, 1.54) is 24.3 Å². The van der Waals surface area contributed by atoms with Crippen molar-refractivity contribution in [1.29, 1.82) is 0 Å². The zero-order chi connectivity index (χ0) is 28.1. The summed E-state index contributed by atoms with van der Waals surface area (Å²) in [7, 11) is -4.04. The topological polar surface area (TPSA) is 117 Å². The number of nitrogens with zero attached hydrogens (tertiary/aromatic N) is 1. The maximum Gasteiger partial charge on any atom is 0.255 e. The number of fused-ring (bicyclic) bond motifs is 2. The third-order valence-corrected chi connectivity index (χ3v) is 10.7. The predicted octanol–water partition coefficient (Wildman–Crippen LogP) is 5.00. The highest BCUT2D eigenvalue weighted by atomic mass is 35.5. The number of aromatic nitrogens is 1. The Labute approximate surface area is 229 Å². The summed E-state index contributed by atoms with van der Waals surface area (Å²) < 4.78 is 54.3. The summed E-state index contributed by atoms with van der Waals surface area (Å²) in [5.41, 5.74) is -0.308. The number of pyridine rings is 1. The first kappa shape index (κ1) is 27.6. The lowest BCUT2D eigenvalue weighted by atomic mass is 9.70. The molecule has 7 nitrogen and oxygen atoms in total. The highest BCUT2D eigenvalue weighted by Gasteiger charge is 2.59. The van der Waals surface area contributed by atoms with Crippen LogP contribution in [0.15, 0.2) is 59.6 Å². The molecule has 2 aromatic carbocycles. The van der Waals surface area contributed by atoms with Gasteiger partial charge in [0.05, 0.1) is 20.9 Å². The number of anilines is 1. The average Bonchev–Trinajstić information content (AvgIpc) is 3.05. The van der Waals surface area contributed by atoms with Gasteiger partial charge in [-0.05, 0) is 92.5 Å². The van der Waals surface area contributed by atoms with Crippen LogP contribution in [-0.4, -0.2) is 40.4 Å². The number of sulfone groups is 1.